The zero-order valence-electron chi connectivity index (χ0n) is 11.2. The number of hydrogen-bond acceptors (Lipinski definition) is 5. The summed E-state index contributed by atoms with van der Waals surface area (Å²) < 4.78 is 37.5. The molecule has 2 atom stereocenters. The molecule has 108 valence electrons. The molecule has 0 aliphatic carbocycles. The van der Waals surface area contributed by atoms with Crippen molar-refractivity contribution in [3.63, 3.8) is 0 Å². The third-order valence-corrected chi connectivity index (χ3v) is 5.24. The van der Waals surface area contributed by atoms with E-state index in [9.17, 15) is 12.6 Å². The quantitative estimate of drug-likeness (QED) is 0.768. The molecular formula is C11H19N3O3S2. The van der Waals surface area contributed by atoms with Crippen LogP contribution in [0.15, 0.2) is 23.2 Å². The van der Waals surface area contributed by atoms with Crippen molar-refractivity contribution in [1.82, 2.24) is 9.71 Å². The van der Waals surface area contributed by atoms with E-state index in [-0.39, 0.29) is 16.7 Å². The minimum atomic E-state index is -3.60. The van der Waals surface area contributed by atoms with Crippen molar-refractivity contribution >= 4 is 26.6 Å². The second kappa shape index (κ2) is 6.97. The van der Waals surface area contributed by atoms with Crippen LogP contribution in [0.4, 0.5) is 5.82 Å². The van der Waals surface area contributed by atoms with Crippen LogP contribution in [0, 0.1) is 0 Å². The van der Waals surface area contributed by atoms with Crippen LogP contribution >= 0.6 is 0 Å². The van der Waals surface area contributed by atoms with Crippen LogP contribution in [-0.4, -0.2) is 42.2 Å². The smallest absolute Gasteiger partial charge is 0.242 e. The summed E-state index contributed by atoms with van der Waals surface area (Å²) in [6.45, 7) is 4.52. The lowest BCUT2D eigenvalue weighted by molar-refractivity contribution is 0.580. The first-order valence-electron chi connectivity index (χ1n) is 5.88. The molecule has 1 aromatic heterocycles. The molecule has 0 aliphatic rings. The van der Waals surface area contributed by atoms with E-state index in [1.54, 1.807) is 19.2 Å². The topological polar surface area (TPSA) is 88.2 Å². The van der Waals surface area contributed by atoms with Crippen molar-refractivity contribution in [3.8, 4) is 0 Å². The van der Waals surface area contributed by atoms with Gasteiger partial charge in [-0.3, -0.25) is 4.21 Å². The fourth-order valence-corrected chi connectivity index (χ4v) is 2.75. The highest BCUT2D eigenvalue weighted by Gasteiger charge is 2.16. The fraction of sp³-hybridized carbons (Fsp3) is 0.545. The van der Waals surface area contributed by atoms with Gasteiger partial charge in [0, 0.05) is 41.6 Å². The molecule has 8 heteroatoms. The summed E-state index contributed by atoms with van der Waals surface area (Å²) in [5.74, 6) is 0.629. The maximum absolute atomic E-state index is 12.0. The van der Waals surface area contributed by atoms with Crippen molar-refractivity contribution < 1.29 is 12.6 Å². The van der Waals surface area contributed by atoms with Crippen molar-refractivity contribution in [1.29, 1.82) is 0 Å². The fourth-order valence-electron chi connectivity index (χ4n) is 1.25. The Bertz CT molecular complexity index is 529. The molecule has 2 unspecified atom stereocenters. The average molecular weight is 305 g/mol. The third-order valence-electron chi connectivity index (χ3n) is 2.53. The van der Waals surface area contributed by atoms with E-state index in [0.717, 1.165) is 6.54 Å². The zero-order valence-corrected chi connectivity index (χ0v) is 12.8. The number of hydrogen-bond donors (Lipinski definition) is 2. The van der Waals surface area contributed by atoms with Crippen LogP contribution in [-0.2, 0) is 20.8 Å². The first-order valence-corrected chi connectivity index (χ1v) is 8.99. The first-order chi connectivity index (χ1) is 8.86. The van der Waals surface area contributed by atoms with E-state index in [1.165, 1.54) is 12.3 Å². The number of anilines is 1. The summed E-state index contributed by atoms with van der Waals surface area (Å²) in [6.07, 6.45) is 2.85. The normalized spacial score (nSPS) is 14.9. The molecule has 0 saturated heterocycles. The van der Waals surface area contributed by atoms with Crippen LogP contribution < -0.4 is 10.0 Å². The van der Waals surface area contributed by atoms with E-state index in [0.29, 0.717) is 5.82 Å². The Kier molecular flexibility index (Phi) is 5.89. The Morgan fingerprint density at radius 3 is 2.58 bits per heavy atom. The highest BCUT2D eigenvalue weighted by atomic mass is 32.2. The predicted octanol–water partition coefficient (Wildman–Crippen LogP) is 0.559. The Morgan fingerprint density at radius 2 is 2.11 bits per heavy atom. The van der Waals surface area contributed by atoms with Gasteiger partial charge in [-0.1, -0.05) is 0 Å². The van der Waals surface area contributed by atoms with E-state index < -0.39 is 20.8 Å². The van der Waals surface area contributed by atoms with E-state index in [2.05, 4.69) is 15.0 Å². The summed E-state index contributed by atoms with van der Waals surface area (Å²) >= 11 is 0. The number of nitrogens with one attached hydrogen (secondary N) is 2. The van der Waals surface area contributed by atoms with Crippen LogP contribution in [0.2, 0.25) is 0 Å². The van der Waals surface area contributed by atoms with Gasteiger partial charge >= 0.3 is 0 Å². The Morgan fingerprint density at radius 1 is 1.42 bits per heavy atom. The highest BCUT2D eigenvalue weighted by Crippen LogP contribution is 2.10. The lowest BCUT2D eigenvalue weighted by atomic mass is 10.4. The Balaban J connectivity index is 2.74. The van der Waals surface area contributed by atoms with Gasteiger partial charge in [-0.25, -0.2) is 18.1 Å². The van der Waals surface area contributed by atoms with Crippen molar-refractivity contribution in [2.75, 3.05) is 24.7 Å². The molecule has 0 saturated carbocycles. The number of aromatic nitrogens is 1. The highest BCUT2D eigenvalue weighted by molar-refractivity contribution is 7.89. The maximum atomic E-state index is 12.0. The van der Waals surface area contributed by atoms with Crippen LogP contribution in [0.3, 0.4) is 0 Å². The molecule has 0 amide bonds. The first kappa shape index (κ1) is 16.1. The number of nitrogens with zero attached hydrogens (tertiary/aromatic N) is 1. The van der Waals surface area contributed by atoms with Crippen LogP contribution in [0.5, 0.6) is 0 Å². The number of rotatable bonds is 7. The number of pyridine rings is 1. The van der Waals surface area contributed by atoms with Gasteiger partial charge in [-0.05, 0) is 26.0 Å². The molecular weight excluding hydrogens is 286 g/mol. The zero-order chi connectivity index (χ0) is 14.5. The monoisotopic (exact) mass is 305 g/mol. The minimum Gasteiger partial charge on any atom is -0.370 e. The van der Waals surface area contributed by atoms with Crippen molar-refractivity contribution in [3.05, 3.63) is 18.3 Å². The second-order valence-corrected chi connectivity index (χ2v) is 7.64. The molecule has 2 N–H and O–H groups in total. The lowest BCUT2D eigenvalue weighted by Gasteiger charge is -2.11. The van der Waals surface area contributed by atoms with E-state index in [4.69, 9.17) is 0 Å². The largest absolute Gasteiger partial charge is 0.370 e. The predicted molar refractivity (Wildman–Crippen MR) is 77.1 cm³/mol. The number of sulfonamides is 1. The molecule has 0 radical (unpaired) electrons. The SMILES string of the molecule is CCNc1ccc(S(=O)(=O)NCC(C)S(C)=O)cn1. The third kappa shape index (κ3) is 4.88. The molecule has 0 bridgehead atoms. The summed E-state index contributed by atoms with van der Waals surface area (Å²) in [5.41, 5.74) is 0. The Labute approximate surface area is 116 Å². The summed E-state index contributed by atoms with van der Waals surface area (Å²) in [5, 5.41) is 2.75. The molecule has 1 aromatic rings. The molecule has 0 aliphatic heterocycles. The molecule has 1 heterocycles. The molecule has 0 fully saturated rings. The molecule has 1 rings (SSSR count). The molecule has 0 spiro atoms. The van der Waals surface area contributed by atoms with Gasteiger partial charge < -0.3 is 5.32 Å². The molecule has 0 aromatic carbocycles. The van der Waals surface area contributed by atoms with Gasteiger partial charge in [0.15, 0.2) is 0 Å². The average Bonchev–Trinajstić information content (AvgIpc) is 2.37. The van der Waals surface area contributed by atoms with E-state index in [1.807, 2.05) is 6.92 Å². The van der Waals surface area contributed by atoms with Crippen LogP contribution in [0.25, 0.3) is 0 Å². The summed E-state index contributed by atoms with van der Waals surface area (Å²) in [7, 11) is -4.66. The standard InChI is InChI=1S/C11H19N3O3S2/c1-4-12-11-6-5-10(8-13-11)19(16,17)14-7-9(2)18(3)15/h5-6,8-9,14H,4,7H2,1-3H3,(H,12,13). The van der Waals surface area contributed by atoms with Gasteiger partial charge in [-0.15, -0.1) is 0 Å². The maximum Gasteiger partial charge on any atom is 0.242 e. The van der Waals surface area contributed by atoms with Gasteiger partial charge in [-0.2, -0.15) is 0 Å². The Hall–Kier alpha value is -0.990. The summed E-state index contributed by atoms with van der Waals surface area (Å²) in [6, 6.07) is 3.10. The van der Waals surface area contributed by atoms with Gasteiger partial charge in [0.25, 0.3) is 0 Å². The van der Waals surface area contributed by atoms with Crippen molar-refractivity contribution in [2.24, 2.45) is 0 Å². The van der Waals surface area contributed by atoms with Crippen LogP contribution in [0.1, 0.15) is 13.8 Å². The minimum absolute atomic E-state index is 0.100. The molecule has 19 heavy (non-hydrogen) atoms. The van der Waals surface area contributed by atoms with Gasteiger partial charge in [0.1, 0.15) is 10.7 Å². The van der Waals surface area contributed by atoms with Crippen molar-refractivity contribution in [2.45, 2.75) is 24.0 Å². The van der Waals surface area contributed by atoms with E-state index >= 15 is 0 Å². The van der Waals surface area contributed by atoms with Gasteiger partial charge in [0.05, 0.1) is 0 Å². The summed E-state index contributed by atoms with van der Waals surface area (Å²) in [4.78, 5) is 4.11. The lowest BCUT2D eigenvalue weighted by Crippen LogP contribution is -2.32. The second-order valence-electron chi connectivity index (χ2n) is 4.07. The molecule has 6 nitrogen and oxygen atoms in total. The van der Waals surface area contributed by atoms with Gasteiger partial charge in [0.2, 0.25) is 10.0 Å².